The van der Waals surface area contributed by atoms with Crippen molar-refractivity contribution in [1.29, 1.82) is 0 Å². The third-order valence-corrected chi connectivity index (χ3v) is 5.49. The van der Waals surface area contributed by atoms with Gasteiger partial charge < -0.3 is 10.2 Å². The first-order valence-electron chi connectivity index (χ1n) is 7.18. The molecule has 0 bridgehead atoms. The molecule has 2 aliphatic rings. The van der Waals surface area contributed by atoms with Crippen LogP contribution in [0.5, 0.6) is 0 Å². The van der Waals surface area contributed by atoms with E-state index in [1.807, 2.05) is 0 Å². The first kappa shape index (κ1) is 14.6. The molecule has 6 heteroatoms. The zero-order valence-electron chi connectivity index (χ0n) is 11.8. The summed E-state index contributed by atoms with van der Waals surface area (Å²) in [5.74, 6) is -0.159. The van der Waals surface area contributed by atoms with E-state index < -0.39 is 10.6 Å². The fraction of sp³-hybridized carbons (Fsp3) is 0.400. The van der Waals surface area contributed by atoms with E-state index in [0.717, 1.165) is 19.6 Å². The Labute approximate surface area is 126 Å². The lowest BCUT2D eigenvalue weighted by atomic mass is 10.1. The maximum atomic E-state index is 12.3. The molecule has 114 valence electrons. The topological polar surface area (TPSA) is 72.8 Å². The number of fused-ring (bicyclic) bond motifs is 1. The van der Waals surface area contributed by atoms with Gasteiger partial charge in [0.05, 0.1) is 4.90 Å². The molecule has 3 N–H and O–H groups in total. The maximum absolute atomic E-state index is 12.3. The lowest BCUT2D eigenvalue weighted by Crippen LogP contribution is -2.33. The molecule has 0 atom stereocenters. The summed E-state index contributed by atoms with van der Waals surface area (Å²) in [5, 5.41) is 4.29. The zero-order chi connectivity index (χ0) is 14.9. The molecule has 1 aromatic carbocycles. The van der Waals surface area contributed by atoms with Gasteiger partial charge in [0.25, 0.3) is 5.91 Å². The summed E-state index contributed by atoms with van der Waals surface area (Å²) in [6, 6.07) is 5.07. The van der Waals surface area contributed by atoms with Crippen LogP contribution in [0.3, 0.4) is 0 Å². The van der Waals surface area contributed by atoms with Crippen molar-refractivity contribution in [2.45, 2.75) is 17.7 Å². The van der Waals surface area contributed by atoms with Crippen LogP contribution in [-0.4, -0.2) is 46.1 Å². The second-order valence-electron chi connectivity index (χ2n) is 5.42. The number of rotatable bonds is 4. The predicted octanol–water partition coefficient (Wildman–Crippen LogP) is 2.61. The summed E-state index contributed by atoms with van der Waals surface area (Å²) >= 11 is 0. The van der Waals surface area contributed by atoms with E-state index in [-0.39, 0.29) is 5.91 Å². The molecule has 2 heterocycles. The van der Waals surface area contributed by atoms with Gasteiger partial charge in [-0.05, 0) is 44.1 Å². The number of likely N-dealkylation sites (tertiary alicyclic amines) is 1. The van der Waals surface area contributed by atoms with E-state index in [1.165, 1.54) is 18.2 Å². The largest absolute Gasteiger partial charge is 0.351 e. The normalized spacial score (nSPS) is 21.2. The third kappa shape index (κ3) is 2.98. The second kappa shape index (κ2) is 5.81. The van der Waals surface area contributed by atoms with E-state index in [9.17, 15) is 13.9 Å². The standard InChI is InChI=1S/C15H20N2O3S/c18-15(16-7-10-17-8-1-2-9-17)13-4-3-5-14-12(13)6-11-21(14,19)20/h3-6,11,19-20H,1-2,7-10H2,(H,16,18). The quantitative estimate of drug-likeness (QED) is 0.799. The van der Waals surface area contributed by atoms with Crippen LogP contribution in [0.1, 0.15) is 28.8 Å². The number of hydrogen-bond donors (Lipinski definition) is 3. The molecule has 0 aromatic heterocycles. The van der Waals surface area contributed by atoms with Gasteiger partial charge in [0, 0.05) is 29.6 Å². The first-order valence-corrected chi connectivity index (χ1v) is 8.79. The molecule has 2 aliphatic heterocycles. The maximum Gasteiger partial charge on any atom is 0.252 e. The van der Waals surface area contributed by atoms with Crippen LogP contribution in [0, 0.1) is 0 Å². The average molecular weight is 308 g/mol. The molecule has 0 unspecified atom stereocenters. The molecule has 1 saturated heterocycles. The Kier molecular flexibility index (Phi) is 4.03. The Morgan fingerprint density at radius 1 is 1.29 bits per heavy atom. The van der Waals surface area contributed by atoms with Crippen LogP contribution in [0.25, 0.3) is 6.08 Å². The lowest BCUT2D eigenvalue weighted by molar-refractivity contribution is 0.0949. The monoisotopic (exact) mass is 308 g/mol. The molecule has 1 amide bonds. The fourth-order valence-electron chi connectivity index (χ4n) is 2.84. The summed E-state index contributed by atoms with van der Waals surface area (Å²) in [5.41, 5.74) is 1.12. The van der Waals surface area contributed by atoms with Crippen LogP contribution < -0.4 is 5.32 Å². The van der Waals surface area contributed by atoms with Crippen molar-refractivity contribution in [3.05, 3.63) is 34.7 Å². The van der Waals surface area contributed by atoms with Crippen molar-refractivity contribution in [2.75, 3.05) is 26.2 Å². The van der Waals surface area contributed by atoms with Gasteiger partial charge >= 0.3 is 0 Å². The van der Waals surface area contributed by atoms with Crippen molar-refractivity contribution in [3.63, 3.8) is 0 Å². The second-order valence-corrected chi connectivity index (χ2v) is 7.32. The summed E-state index contributed by atoms with van der Waals surface area (Å²) in [7, 11) is -2.86. The number of carbonyl (C=O) groups is 1. The highest BCUT2D eigenvalue weighted by atomic mass is 32.3. The highest BCUT2D eigenvalue weighted by Crippen LogP contribution is 2.56. The van der Waals surface area contributed by atoms with Gasteiger partial charge in [-0.3, -0.25) is 13.9 Å². The third-order valence-electron chi connectivity index (χ3n) is 3.97. The highest BCUT2D eigenvalue weighted by molar-refractivity contribution is 8.27. The fourth-order valence-corrected chi connectivity index (χ4v) is 4.09. The number of hydrogen-bond acceptors (Lipinski definition) is 4. The van der Waals surface area contributed by atoms with Crippen LogP contribution in [0.2, 0.25) is 0 Å². The van der Waals surface area contributed by atoms with Crippen molar-refractivity contribution in [2.24, 2.45) is 0 Å². The van der Waals surface area contributed by atoms with Gasteiger partial charge in [-0.1, -0.05) is 6.07 Å². The summed E-state index contributed by atoms with van der Waals surface area (Å²) < 4.78 is 19.8. The minimum Gasteiger partial charge on any atom is -0.351 e. The Bertz CT molecular complexity index is 580. The molecule has 3 rings (SSSR count). The van der Waals surface area contributed by atoms with Crippen LogP contribution in [0.15, 0.2) is 28.5 Å². The molecule has 0 aliphatic carbocycles. The Morgan fingerprint density at radius 2 is 2.05 bits per heavy atom. The lowest BCUT2D eigenvalue weighted by Gasteiger charge is -2.25. The molecule has 0 spiro atoms. The van der Waals surface area contributed by atoms with Gasteiger partial charge in [-0.15, -0.1) is 10.6 Å². The molecule has 1 fully saturated rings. The number of carbonyl (C=O) groups excluding carboxylic acids is 1. The van der Waals surface area contributed by atoms with Gasteiger partial charge in [0.2, 0.25) is 0 Å². The van der Waals surface area contributed by atoms with Crippen LogP contribution in [-0.2, 0) is 0 Å². The van der Waals surface area contributed by atoms with Crippen molar-refractivity contribution >= 4 is 22.6 Å². The van der Waals surface area contributed by atoms with E-state index >= 15 is 0 Å². The van der Waals surface area contributed by atoms with Crippen molar-refractivity contribution in [1.82, 2.24) is 10.2 Å². The van der Waals surface area contributed by atoms with E-state index in [0.29, 0.717) is 22.6 Å². The highest BCUT2D eigenvalue weighted by Gasteiger charge is 2.25. The van der Waals surface area contributed by atoms with Crippen LogP contribution >= 0.6 is 10.6 Å². The minimum atomic E-state index is -2.86. The molecular formula is C15H20N2O3S. The smallest absolute Gasteiger partial charge is 0.252 e. The van der Waals surface area contributed by atoms with Gasteiger partial charge in [-0.2, -0.15) is 0 Å². The van der Waals surface area contributed by atoms with Crippen molar-refractivity contribution < 1.29 is 13.9 Å². The van der Waals surface area contributed by atoms with E-state index in [1.54, 1.807) is 24.3 Å². The van der Waals surface area contributed by atoms with Gasteiger partial charge in [0.1, 0.15) is 0 Å². The molecule has 0 radical (unpaired) electrons. The molecule has 21 heavy (non-hydrogen) atoms. The average Bonchev–Trinajstić information content (AvgIpc) is 3.07. The predicted molar refractivity (Wildman–Crippen MR) is 84.6 cm³/mol. The first-order chi connectivity index (χ1) is 10.1. The van der Waals surface area contributed by atoms with Crippen molar-refractivity contribution in [3.8, 4) is 0 Å². The molecular weight excluding hydrogens is 288 g/mol. The minimum absolute atomic E-state index is 0.159. The Morgan fingerprint density at radius 3 is 2.81 bits per heavy atom. The van der Waals surface area contributed by atoms with Gasteiger partial charge in [-0.25, -0.2) is 0 Å². The SMILES string of the molecule is O=C(NCCN1CCCC1)c1cccc2c1C=CS2(O)O. The van der Waals surface area contributed by atoms with E-state index in [4.69, 9.17) is 0 Å². The summed E-state index contributed by atoms with van der Waals surface area (Å²) in [4.78, 5) is 15.1. The Hall–Kier alpha value is -1.34. The molecule has 0 saturated carbocycles. The number of nitrogens with zero attached hydrogens (tertiary/aromatic N) is 1. The zero-order valence-corrected chi connectivity index (χ0v) is 12.6. The van der Waals surface area contributed by atoms with Gasteiger partial charge in [0.15, 0.2) is 0 Å². The summed E-state index contributed by atoms with van der Waals surface area (Å²) in [6.07, 6.45) is 4.10. The number of nitrogens with one attached hydrogen (secondary N) is 1. The van der Waals surface area contributed by atoms with Crippen LogP contribution in [0.4, 0.5) is 0 Å². The molecule has 1 aromatic rings. The summed E-state index contributed by atoms with van der Waals surface area (Å²) in [6.45, 7) is 3.70. The van der Waals surface area contributed by atoms with E-state index in [2.05, 4.69) is 10.2 Å². The molecule has 5 nitrogen and oxygen atoms in total. The number of benzene rings is 1. The Balaban J connectivity index is 1.65. The number of amides is 1.